The predicted octanol–water partition coefficient (Wildman–Crippen LogP) is 2.12. The zero-order valence-electron chi connectivity index (χ0n) is 8.52. The summed E-state index contributed by atoms with van der Waals surface area (Å²) in [5.74, 6) is 0.459. The molecule has 78 valence electrons. The van der Waals surface area contributed by atoms with Crippen LogP contribution in [0.5, 0.6) is 0 Å². The SMILES string of the molecule is CN1CCC(C(O)c2ccsc2)CC1. The third kappa shape index (κ3) is 2.16. The first-order valence-corrected chi connectivity index (χ1v) is 6.10. The summed E-state index contributed by atoms with van der Waals surface area (Å²) in [7, 11) is 2.15. The molecule has 0 aromatic carbocycles. The van der Waals surface area contributed by atoms with Crippen molar-refractivity contribution in [2.45, 2.75) is 18.9 Å². The molecule has 14 heavy (non-hydrogen) atoms. The highest BCUT2D eigenvalue weighted by Crippen LogP contribution is 2.31. The molecule has 1 aromatic heterocycles. The Bertz CT molecular complexity index is 265. The lowest BCUT2D eigenvalue weighted by molar-refractivity contribution is 0.0660. The zero-order chi connectivity index (χ0) is 9.97. The summed E-state index contributed by atoms with van der Waals surface area (Å²) in [6, 6.07) is 2.04. The van der Waals surface area contributed by atoms with Crippen LogP contribution in [0.25, 0.3) is 0 Å². The highest BCUT2D eigenvalue weighted by atomic mass is 32.1. The van der Waals surface area contributed by atoms with Gasteiger partial charge in [0.25, 0.3) is 0 Å². The molecular formula is C11H17NOS. The van der Waals surface area contributed by atoms with Crippen molar-refractivity contribution in [3.05, 3.63) is 22.4 Å². The van der Waals surface area contributed by atoms with Gasteiger partial charge in [-0.1, -0.05) is 0 Å². The van der Waals surface area contributed by atoms with E-state index in [2.05, 4.69) is 17.3 Å². The number of hydrogen-bond donors (Lipinski definition) is 1. The fourth-order valence-corrected chi connectivity index (χ4v) is 2.75. The van der Waals surface area contributed by atoms with Gasteiger partial charge in [-0.3, -0.25) is 0 Å². The van der Waals surface area contributed by atoms with Crippen molar-refractivity contribution in [1.82, 2.24) is 4.90 Å². The highest BCUT2D eigenvalue weighted by Gasteiger charge is 2.24. The summed E-state index contributed by atoms with van der Waals surface area (Å²) >= 11 is 1.66. The third-order valence-corrected chi connectivity index (χ3v) is 3.80. The van der Waals surface area contributed by atoms with Gasteiger partial charge in [-0.15, -0.1) is 0 Å². The van der Waals surface area contributed by atoms with Crippen molar-refractivity contribution in [1.29, 1.82) is 0 Å². The van der Waals surface area contributed by atoms with E-state index >= 15 is 0 Å². The van der Waals surface area contributed by atoms with Crippen LogP contribution in [-0.2, 0) is 0 Å². The van der Waals surface area contributed by atoms with E-state index in [1.165, 1.54) is 0 Å². The van der Waals surface area contributed by atoms with Crippen LogP contribution >= 0.6 is 11.3 Å². The van der Waals surface area contributed by atoms with Crippen molar-refractivity contribution in [2.75, 3.05) is 20.1 Å². The Morgan fingerprint density at radius 2 is 2.21 bits per heavy atom. The molecule has 0 aliphatic carbocycles. The molecule has 0 radical (unpaired) electrons. The second kappa shape index (κ2) is 4.43. The van der Waals surface area contributed by atoms with Gasteiger partial charge in [0.2, 0.25) is 0 Å². The van der Waals surface area contributed by atoms with Crippen LogP contribution in [0, 0.1) is 5.92 Å². The monoisotopic (exact) mass is 211 g/mol. The number of piperidine rings is 1. The van der Waals surface area contributed by atoms with Crippen molar-refractivity contribution in [3.63, 3.8) is 0 Å². The number of hydrogen-bond acceptors (Lipinski definition) is 3. The Hall–Kier alpha value is -0.380. The zero-order valence-corrected chi connectivity index (χ0v) is 9.33. The number of nitrogens with zero attached hydrogens (tertiary/aromatic N) is 1. The first-order valence-electron chi connectivity index (χ1n) is 5.16. The summed E-state index contributed by atoms with van der Waals surface area (Å²) in [5.41, 5.74) is 1.10. The Morgan fingerprint density at radius 1 is 1.50 bits per heavy atom. The summed E-state index contributed by atoms with van der Waals surface area (Å²) in [4.78, 5) is 2.33. The van der Waals surface area contributed by atoms with E-state index in [1.807, 2.05) is 11.4 Å². The lowest BCUT2D eigenvalue weighted by Crippen LogP contribution is -2.32. The van der Waals surface area contributed by atoms with Crippen molar-refractivity contribution in [2.24, 2.45) is 5.92 Å². The molecule has 1 aliphatic heterocycles. The van der Waals surface area contributed by atoms with Gasteiger partial charge >= 0.3 is 0 Å². The fourth-order valence-electron chi connectivity index (χ4n) is 2.06. The van der Waals surface area contributed by atoms with Crippen LogP contribution in [0.4, 0.5) is 0 Å². The molecule has 0 bridgehead atoms. The quantitative estimate of drug-likeness (QED) is 0.810. The lowest BCUT2D eigenvalue weighted by Gasteiger charge is -2.31. The molecule has 1 unspecified atom stereocenters. The molecule has 3 heteroatoms. The van der Waals surface area contributed by atoms with Gasteiger partial charge in [0.1, 0.15) is 0 Å². The van der Waals surface area contributed by atoms with Crippen LogP contribution in [0.15, 0.2) is 16.8 Å². The standard InChI is InChI=1S/C11H17NOS/c1-12-5-2-9(3-6-12)11(13)10-4-7-14-8-10/h4,7-9,11,13H,2-3,5-6H2,1H3. The van der Waals surface area contributed by atoms with E-state index < -0.39 is 0 Å². The largest absolute Gasteiger partial charge is 0.388 e. The van der Waals surface area contributed by atoms with Crippen molar-refractivity contribution >= 4 is 11.3 Å². The Kier molecular flexibility index (Phi) is 3.21. The molecular weight excluding hydrogens is 194 g/mol. The molecule has 2 rings (SSSR count). The summed E-state index contributed by atoms with van der Waals surface area (Å²) in [6.45, 7) is 2.23. The third-order valence-electron chi connectivity index (χ3n) is 3.09. The molecule has 1 fully saturated rings. The Labute approximate surface area is 89.2 Å². The maximum atomic E-state index is 10.1. The minimum absolute atomic E-state index is 0.241. The summed E-state index contributed by atoms with van der Waals surface area (Å²) in [5, 5.41) is 14.2. The number of aliphatic hydroxyl groups is 1. The number of aliphatic hydroxyl groups excluding tert-OH is 1. The maximum absolute atomic E-state index is 10.1. The van der Waals surface area contributed by atoms with Crippen LogP contribution in [0.2, 0.25) is 0 Å². The minimum atomic E-state index is -0.241. The van der Waals surface area contributed by atoms with Crippen molar-refractivity contribution in [3.8, 4) is 0 Å². The molecule has 0 saturated carbocycles. The molecule has 0 amide bonds. The van der Waals surface area contributed by atoms with Crippen LogP contribution < -0.4 is 0 Å². The Balaban J connectivity index is 1.95. The first kappa shape index (κ1) is 10.1. The number of thiophene rings is 1. The van der Waals surface area contributed by atoms with Gasteiger partial charge in [-0.05, 0) is 61.3 Å². The van der Waals surface area contributed by atoms with Gasteiger partial charge < -0.3 is 10.0 Å². The normalized spacial score (nSPS) is 22.4. The lowest BCUT2D eigenvalue weighted by atomic mass is 9.89. The van der Waals surface area contributed by atoms with E-state index in [0.717, 1.165) is 31.5 Å². The average Bonchev–Trinajstić information content (AvgIpc) is 2.71. The Morgan fingerprint density at radius 3 is 2.79 bits per heavy atom. The fraction of sp³-hybridized carbons (Fsp3) is 0.636. The number of likely N-dealkylation sites (tertiary alicyclic amines) is 1. The van der Waals surface area contributed by atoms with Crippen LogP contribution in [0.3, 0.4) is 0 Å². The van der Waals surface area contributed by atoms with Gasteiger partial charge in [0, 0.05) is 0 Å². The molecule has 1 N–H and O–H groups in total. The van der Waals surface area contributed by atoms with Gasteiger partial charge in [-0.25, -0.2) is 0 Å². The van der Waals surface area contributed by atoms with Gasteiger partial charge in [-0.2, -0.15) is 11.3 Å². The molecule has 1 aliphatic rings. The van der Waals surface area contributed by atoms with Gasteiger partial charge in [0.15, 0.2) is 0 Å². The summed E-state index contributed by atoms with van der Waals surface area (Å²) < 4.78 is 0. The smallest absolute Gasteiger partial charge is 0.0827 e. The number of rotatable bonds is 2. The summed E-state index contributed by atoms with van der Waals surface area (Å²) in [6.07, 6.45) is 2.00. The van der Waals surface area contributed by atoms with E-state index in [9.17, 15) is 5.11 Å². The first-order chi connectivity index (χ1) is 6.77. The molecule has 1 aromatic rings. The van der Waals surface area contributed by atoms with E-state index in [0.29, 0.717) is 5.92 Å². The molecule has 1 atom stereocenters. The predicted molar refractivity (Wildman–Crippen MR) is 59.5 cm³/mol. The average molecular weight is 211 g/mol. The van der Waals surface area contributed by atoms with E-state index in [4.69, 9.17) is 0 Å². The highest BCUT2D eigenvalue weighted by molar-refractivity contribution is 7.07. The molecule has 2 nitrogen and oxygen atoms in total. The van der Waals surface area contributed by atoms with Gasteiger partial charge in [0.05, 0.1) is 6.10 Å². The molecule has 0 spiro atoms. The second-order valence-corrected chi connectivity index (χ2v) is 4.92. The van der Waals surface area contributed by atoms with E-state index in [-0.39, 0.29) is 6.10 Å². The molecule has 2 heterocycles. The minimum Gasteiger partial charge on any atom is -0.388 e. The van der Waals surface area contributed by atoms with Crippen LogP contribution in [-0.4, -0.2) is 30.1 Å². The topological polar surface area (TPSA) is 23.5 Å². The van der Waals surface area contributed by atoms with E-state index in [1.54, 1.807) is 11.3 Å². The van der Waals surface area contributed by atoms with Crippen molar-refractivity contribution < 1.29 is 5.11 Å². The second-order valence-electron chi connectivity index (χ2n) is 4.14. The molecule has 1 saturated heterocycles. The van der Waals surface area contributed by atoms with Crippen LogP contribution in [0.1, 0.15) is 24.5 Å². The maximum Gasteiger partial charge on any atom is 0.0827 e.